The van der Waals surface area contributed by atoms with Crippen molar-refractivity contribution in [3.8, 4) is 0 Å². The van der Waals surface area contributed by atoms with Gasteiger partial charge < -0.3 is 16.0 Å². The molecule has 0 saturated heterocycles. The molecule has 0 spiro atoms. The minimum Gasteiger partial charge on any atom is -0.350 e. The van der Waals surface area contributed by atoms with Crippen LogP contribution in [-0.2, 0) is 11.3 Å². The van der Waals surface area contributed by atoms with Gasteiger partial charge in [0.15, 0.2) is 0 Å². The Hall–Kier alpha value is -2.67. The highest BCUT2D eigenvalue weighted by Crippen LogP contribution is 2.09. The molecule has 1 heterocycles. The highest BCUT2D eigenvalue weighted by Gasteiger charge is 2.14. The number of benzene rings is 1. The zero-order chi connectivity index (χ0) is 19.2. The fourth-order valence-corrected chi connectivity index (χ4v) is 2.82. The topological polar surface area (TPSA) is 87.3 Å². The maximum atomic E-state index is 12.1. The monoisotopic (exact) mass is 373 g/mol. The van der Waals surface area contributed by atoms with E-state index in [1.807, 2.05) is 32.2 Å². The summed E-state index contributed by atoms with van der Waals surface area (Å²) in [6, 6.07) is 10.5. The van der Waals surface area contributed by atoms with Gasteiger partial charge in [0.2, 0.25) is 5.91 Å². The van der Waals surface area contributed by atoms with Crippen molar-refractivity contribution in [1.29, 1.82) is 0 Å². The molecule has 0 unspecified atom stereocenters. The van der Waals surface area contributed by atoms with Crippen molar-refractivity contribution >= 4 is 29.1 Å². The number of amides is 3. The Balaban J connectivity index is 1.81. The van der Waals surface area contributed by atoms with Crippen LogP contribution in [0.4, 0.5) is 0 Å². The van der Waals surface area contributed by atoms with Crippen LogP contribution in [0.3, 0.4) is 0 Å². The van der Waals surface area contributed by atoms with Gasteiger partial charge >= 0.3 is 0 Å². The van der Waals surface area contributed by atoms with Crippen molar-refractivity contribution in [2.45, 2.75) is 32.9 Å². The van der Waals surface area contributed by atoms with Gasteiger partial charge in [0, 0.05) is 17.6 Å². The predicted octanol–water partition coefficient (Wildman–Crippen LogP) is 2.32. The summed E-state index contributed by atoms with van der Waals surface area (Å²) >= 11 is 1.39. The molecule has 0 fully saturated rings. The third-order valence-electron chi connectivity index (χ3n) is 3.34. The van der Waals surface area contributed by atoms with Crippen molar-refractivity contribution in [3.05, 3.63) is 57.8 Å². The number of thiophene rings is 1. The number of carbonyl (C=O) groups is 3. The zero-order valence-corrected chi connectivity index (χ0v) is 15.9. The smallest absolute Gasteiger partial charge is 0.261 e. The summed E-state index contributed by atoms with van der Waals surface area (Å²) in [5.41, 5.74) is 1.01. The van der Waals surface area contributed by atoms with Crippen LogP contribution in [0.1, 0.15) is 46.4 Å². The molecule has 2 rings (SSSR count). The standard InChI is InChI=1S/C19H23N3O3S/c1-19(2,3)22-16(23)12-21-17(24)14-8-6-13(7-9-14)11-20-18(25)15-5-4-10-26-15/h4-10H,11-12H2,1-3H3,(H,20,25)(H,21,24)(H,22,23). The van der Waals surface area contributed by atoms with E-state index < -0.39 is 0 Å². The summed E-state index contributed by atoms with van der Waals surface area (Å²) < 4.78 is 0. The van der Waals surface area contributed by atoms with Gasteiger partial charge in [0.25, 0.3) is 11.8 Å². The van der Waals surface area contributed by atoms with E-state index in [4.69, 9.17) is 0 Å². The quantitative estimate of drug-likeness (QED) is 0.726. The van der Waals surface area contributed by atoms with Crippen LogP contribution >= 0.6 is 11.3 Å². The lowest BCUT2D eigenvalue weighted by atomic mass is 10.1. The van der Waals surface area contributed by atoms with Crippen LogP contribution in [0, 0.1) is 0 Å². The number of carbonyl (C=O) groups excluding carboxylic acids is 3. The van der Waals surface area contributed by atoms with E-state index in [1.54, 1.807) is 30.3 Å². The van der Waals surface area contributed by atoms with Gasteiger partial charge in [0.1, 0.15) is 0 Å². The van der Waals surface area contributed by atoms with Gasteiger partial charge in [-0.25, -0.2) is 0 Å². The lowest BCUT2D eigenvalue weighted by Gasteiger charge is -2.20. The van der Waals surface area contributed by atoms with Crippen molar-refractivity contribution in [2.24, 2.45) is 0 Å². The summed E-state index contributed by atoms with van der Waals surface area (Å²) in [6.07, 6.45) is 0. The Morgan fingerprint density at radius 2 is 1.65 bits per heavy atom. The summed E-state index contributed by atoms with van der Waals surface area (Å²) in [7, 11) is 0. The summed E-state index contributed by atoms with van der Waals surface area (Å²) in [4.78, 5) is 36.4. The van der Waals surface area contributed by atoms with E-state index in [2.05, 4.69) is 16.0 Å². The van der Waals surface area contributed by atoms with Crippen LogP contribution in [0.5, 0.6) is 0 Å². The van der Waals surface area contributed by atoms with Gasteiger partial charge in [0.05, 0.1) is 11.4 Å². The van der Waals surface area contributed by atoms with Crippen LogP contribution in [0.25, 0.3) is 0 Å². The largest absolute Gasteiger partial charge is 0.350 e. The second kappa shape index (κ2) is 8.62. The van der Waals surface area contributed by atoms with Gasteiger partial charge in [-0.3, -0.25) is 14.4 Å². The second-order valence-electron chi connectivity index (χ2n) is 6.84. The summed E-state index contributed by atoms with van der Waals surface area (Å²) in [5, 5.41) is 10.1. The van der Waals surface area contributed by atoms with E-state index in [1.165, 1.54) is 11.3 Å². The highest BCUT2D eigenvalue weighted by molar-refractivity contribution is 7.12. The molecule has 0 aliphatic heterocycles. The van der Waals surface area contributed by atoms with Crippen LogP contribution in [0.2, 0.25) is 0 Å². The fraction of sp³-hybridized carbons (Fsp3) is 0.316. The first-order chi connectivity index (χ1) is 12.2. The average molecular weight is 373 g/mol. The molecule has 0 saturated carbocycles. The number of nitrogens with one attached hydrogen (secondary N) is 3. The lowest BCUT2D eigenvalue weighted by molar-refractivity contribution is -0.121. The highest BCUT2D eigenvalue weighted by atomic mass is 32.1. The Labute approximate surface area is 157 Å². The van der Waals surface area contributed by atoms with Crippen molar-refractivity contribution < 1.29 is 14.4 Å². The van der Waals surface area contributed by atoms with E-state index in [0.29, 0.717) is 17.0 Å². The van der Waals surface area contributed by atoms with Gasteiger partial charge in [-0.1, -0.05) is 18.2 Å². The summed E-state index contributed by atoms with van der Waals surface area (Å²) in [6.45, 7) is 5.94. The van der Waals surface area contributed by atoms with E-state index in [0.717, 1.165) is 5.56 Å². The second-order valence-corrected chi connectivity index (χ2v) is 7.79. The number of hydrogen-bond donors (Lipinski definition) is 3. The number of rotatable bonds is 6. The van der Waals surface area contributed by atoms with E-state index in [-0.39, 0.29) is 29.8 Å². The molecule has 26 heavy (non-hydrogen) atoms. The first-order valence-electron chi connectivity index (χ1n) is 8.24. The molecular formula is C19H23N3O3S. The van der Waals surface area contributed by atoms with Crippen molar-refractivity contribution in [1.82, 2.24) is 16.0 Å². The molecule has 6 nitrogen and oxygen atoms in total. The molecule has 1 aromatic heterocycles. The Kier molecular flexibility index (Phi) is 6.52. The normalized spacial score (nSPS) is 10.9. The molecule has 0 atom stereocenters. The zero-order valence-electron chi connectivity index (χ0n) is 15.1. The third kappa shape index (κ3) is 6.33. The molecule has 1 aromatic carbocycles. The molecule has 138 valence electrons. The Morgan fingerprint density at radius 3 is 2.23 bits per heavy atom. The molecule has 0 radical (unpaired) electrons. The van der Waals surface area contributed by atoms with Gasteiger partial charge in [-0.05, 0) is 49.9 Å². The molecule has 0 bridgehead atoms. The minimum absolute atomic E-state index is 0.0747. The van der Waals surface area contributed by atoms with Crippen LogP contribution in [0.15, 0.2) is 41.8 Å². The average Bonchev–Trinajstić information content (AvgIpc) is 3.11. The molecule has 0 aliphatic carbocycles. The first-order valence-corrected chi connectivity index (χ1v) is 9.12. The maximum absolute atomic E-state index is 12.1. The van der Waals surface area contributed by atoms with Gasteiger partial charge in [-0.15, -0.1) is 11.3 Å². The summed E-state index contributed by atoms with van der Waals surface area (Å²) in [5.74, 6) is -0.673. The van der Waals surface area contributed by atoms with Crippen molar-refractivity contribution in [2.75, 3.05) is 6.54 Å². The van der Waals surface area contributed by atoms with E-state index >= 15 is 0 Å². The predicted molar refractivity (Wildman–Crippen MR) is 102 cm³/mol. The Morgan fingerprint density at radius 1 is 0.962 bits per heavy atom. The molecule has 3 N–H and O–H groups in total. The molecular weight excluding hydrogens is 350 g/mol. The van der Waals surface area contributed by atoms with Gasteiger partial charge in [-0.2, -0.15) is 0 Å². The maximum Gasteiger partial charge on any atom is 0.261 e. The lowest BCUT2D eigenvalue weighted by Crippen LogP contribution is -2.45. The fourth-order valence-electron chi connectivity index (χ4n) is 2.18. The van der Waals surface area contributed by atoms with E-state index in [9.17, 15) is 14.4 Å². The Bertz CT molecular complexity index is 762. The van der Waals surface area contributed by atoms with Crippen LogP contribution in [-0.4, -0.2) is 29.8 Å². The minimum atomic E-state index is -0.336. The first kappa shape index (κ1) is 19.7. The van der Waals surface area contributed by atoms with Crippen LogP contribution < -0.4 is 16.0 Å². The number of hydrogen-bond acceptors (Lipinski definition) is 4. The third-order valence-corrected chi connectivity index (χ3v) is 4.21. The molecule has 7 heteroatoms. The SMILES string of the molecule is CC(C)(C)NC(=O)CNC(=O)c1ccc(CNC(=O)c2cccs2)cc1. The van der Waals surface area contributed by atoms with Crippen molar-refractivity contribution in [3.63, 3.8) is 0 Å². The molecule has 2 aromatic rings. The molecule has 0 aliphatic rings. The molecule has 3 amide bonds.